The minimum Gasteiger partial charge on any atom is -0.472 e. The molecule has 0 fully saturated rings. The van der Waals surface area contributed by atoms with Crippen LogP contribution in [0.1, 0.15) is 25.8 Å². The smallest absolute Gasteiger partial charge is 0.0934 e. The van der Waals surface area contributed by atoms with Crippen LogP contribution in [-0.4, -0.2) is 10.7 Å². The largest absolute Gasteiger partial charge is 0.472 e. The first-order valence-corrected chi connectivity index (χ1v) is 7.49. The van der Waals surface area contributed by atoms with Gasteiger partial charge in [-0.3, -0.25) is 0 Å². The van der Waals surface area contributed by atoms with Crippen molar-refractivity contribution in [2.45, 2.75) is 26.7 Å². The lowest BCUT2D eigenvalue weighted by Crippen LogP contribution is -2.29. The summed E-state index contributed by atoms with van der Waals surface area (Å²) in [5.41, 5.74) is 1.59. The summed E-state index contributed by atoms with van der Waals surface area (Å²) in [6.07, 6.45) is 5.88. The highest BCUT2D eigenvalue weighted by Gasteiger charge is 2.29. The topological polar surface area (TPSA) is 13.1 Å². The van der Waals surface area contributed by atoms with E-state index in [0.29, 0.717) is 11.3 Å². The van der Waals surface area contributed by atoms with Crippen molar-refractivity contribution in [3.05, 3.63) is 24.2 Å². The van der Waals surface area contributed by atoms with Crippen LogP contribution in [0.4, 0.5) is 0 Å². The van der Waals surface area contributed by atoms with E-state index in [0.717, 1.165) is 17.1 Å². The molecule has 0 radical (unpaired) electrons. The number of halogens is 2. The summed E-state index contributed by atoms with van der Waals surface area (Å²) in [7, 11) is 0. The second kappa shape index (κ2) is 6.09. The first kappa shape index (κ1) is 13.3. The van der Waals surface area contributed by atoms with Crippen molar-refractivity contribution in [1.82, 2.24) is 0 Å². The minimum atomic E-state index is 0.304. The predicted molar refractivity (Wildman–Crippen MR) is 71.9 cm³/mol. The molecule has 0 amide bonds. The Kier molecular flexibility index (Phi) is 5.41. The van der Waals surface area contributed by atoms with Gasteiger partial charge in [-0.05, 0) is 35.8 Å². The van der Waals surface area contributed by atoms with Gasteiger partial charge in [-0.25, -0.2) is 0 Å². The van der Waals surface area contributed by atoms with Crippen molar-refractivity contribution in [3.63, 3.8) is 0 Å². The lowest BCUT2D eigenvalue weighted by Gasteiger charge is -2.31. The summed E-state index contributed by atoms with van der Waals surface area (Å²) >= 11 is 7.29. The SMILES string of the molecule is CC(C)CC(CBr)(CBr)Cc1ccoc1. The molecule has 0 aliphatic rings. The van der Waals surface area contributed by atoms with Crippen molar-refractivity contribution in [2.75, 3.05) is 10.7 Å². The van der Waals surface area contributed by atoms with Gasteiger partial charge in [0.05, 0.1) is 12.5 Å². The number of hydrogen-bond acceptors (Lipinski definition) is 1. The summed E-state index contributed by atoms with van der Waals surface area (Å²) in [5, 5.41) is 2.04. The highest BCUT2D eigenvalue weighted by atomic mass is 79.9. The Bertz CT molecular complexity index is 263. The summed E-state index contributed by atoms with van der Waals surface area (Å²) in [6.45, 7) is 4.55. The Labute approximate surface area is 109 Å². The van der Waals surface area contributed by atoms with E-state index < -0.39 is 0 Å². The van der Waals surface area contributed by atoms with Crippen molar-refractivity contribution < 1.29 is 4.42 Å². The van der Waals surface area contributed by atoms with Crippen molar-refractivity contribution in [3.8, 4) is 0 Å². The first-order chi connectivity index (χ1) is 7.12. The second-order valence-corrected chi connectivity index (χ2v) is 5.80. The van der Waals surface area contributed by atoms with E-state index in [1.807, 2.05) is 6.26 Å². The van der Waals surface area contributed by atoms with Crippen LogP contribution in [0.2, 0.25) is 0 Å². The standard InChI is InChI=1S/C12H18Br2O/c1-10(2)5-12(8-13,9-14)6-11-3-4-15-7-11/h3-4,7,10H,5-6,8-9H2,1-2H3. The van der Waals surface area contributed by atoms with E-state index in [4.69, 9.17) is 4.42 Å². The van der Waals surface area contributed by atoms with Gasteiger partial charge in [0.15, 0.2) is 0 Å². The number of alkyl halides is 2. The molecule has 0 N–H and O–H groups in total. The summed E-state index contributed by atoms with van der Waals surface area (Å²) in [5.74, 6) is 0.715. The van der Waals surface area contributed by atoms with Gasteiger partial charge in [0.25, 0.3) is 0 Å². The van der Waals surface area contributed by atoms with Crippen LogP contribution >= 0.6 is 31.9 Å². The van der Waals surface area contributed by atoms with E-state index in [9.17, 15) is 0 Å². The average molecular weight is 338 g/mol. The lowest BCUT2D eigenvalue weighted by atomic mass is 9.79. The van der Waals surface area contributed by atoms with E-state index in [1.165, 1.54) is 12.0 Å². The average Bonchev–Trinajstić information content (AvgIpc) is 2.68. The van der Waals surface area contributed by atoms with Crippen LogP contribution in [0.25, 0.3) is 0 Å². The molecule has 1 aromatic rings. The fourth-order valence-corrected chi connectivity index (χ4v) is 3.79. The van der Waals surface area contributed by atoms with Crippen LogP contribution in [-0.2, 0) is 6.42 Å². The second-order valence-electron chi connectivity index (χ2n) is 4.67. The van der Waals surface area contributed by atoms with Gasteiger partial charge in [0, 0.05) is 10.7 Å². The van der Waals surface area contributed by atoms with Crippen molar-refractivity contribution in [1.29, 1.82) is 0 Å². The quantitative estimate of drug-likeness (QED) is 0.689. The zero-order valence-electron chi connectivity index (χ0n) is 9.30. The molecule has 0 atom stereocenters. The first-order valence-electron chi connectivity index (χ1n) is 5.25. The summed E-state index contributed by atoms with van der Waals surface area (Å²) in [4.78, 5) is 0. The lowest BCUT2D eigenvalue weighted by molar-refractivity contribution is 0.303. The fraction of sp³-hybridized carbons (Fsp3) is 0.667. The molecule has 86 valence electrons. The molecule has 1 rings (SSSR count). The number of rotatable bonds is 6. The van der Waals surface area contributed by atoms with Crippen molar-refractivity contribution >= 4 is 31.9 Å². The fourth-order valence-electron chi connectivity index (χ4n) is 2.00. The molecule has 0 saturated heterocycles. The molecule has 0 unspecified atom stereocenters. The zero-order chi connectivity index (χ0) is 11.3. The number of furan rings is 1. The van der Waals surface area contributed by atoms with E-state index in [2.05, 4.69) is 51.8 Å². The van der Waals surface area contributed by atoms with Gasteiger partial charge in [-0.15, -0.1) is 0 Å². The third-order valence-electron chi connectivity index (χ3n) is 2.57. The molecule has 0 spiro atoms. The maximum Gasteiger partial charge on any atom is 0.0934 e. The summed E-state index contributed by atoms with van der Waals surface area (Å²) < 4.78 is 5.12. The Morgan fingerprint density at radius 3 is 2.40 bits per heavy atom. The summed E-state index contributed by atoms with van der Waals surface area (Å²) in [6, 6.07) is 2.06. The molecule has 0 aliphatic heterocycles. The van der Waals surface area contributed by atoms with Gasteiger partial charge in [-0.2, -0.15) is 0 Å². The third kappa shape index (κ3) is 3.95. The predicted octanol–water partition coefficient (Wildman–Crippen LogP) is 4.64. The molecular formula is C12H18Br2O. The minimum absolute atomic E-state index is 0.304. The highest BCUT2D eigenvalue weighted by molar-refractivity contribution is 9.09. The normalized spacial score (nSPS) is 12.3. The molecular weight excluding hydrogens is 320 g/mol. The van der Waals surface area contributed by atoms with Gasteiger partial charge < -0.3 is 4.42 Å². The van der Waals surface area contributed by atoms with Crippen LogP contribution < -0.4 is 0 Å². The third-order valence-corrected chi connectivity index (χ3v) is 4.95. The molecule has 1 heterocycles. The van der Waals surface area contributed by atoms with Gasteiger partial charge in [0.2, 0.25) is 0 Å². The van der Waals surface area contributed by atoms with E-state index in [-0.39, 0.29) is 0 Å². The molecule has 0 aliphatic carbocycles. The Hall–Kier alpha value is 0.240. The monoisotopic (exact) mass is 336 g/mol. The maximum absolute atomic E-state index is 5.12. The van der Waals surface area contributed by atoms with Crippen LogP contribution in [0.5, 0.6) is 0 Å². The van der Waals surface area contributed by atoms with E-state index in [1.54, 1.807) is 6.26 Å². The van der Waals surface area contributed by atoms with E-state index >= 15 is 0 Å². The zero-order valence-corrected chi connectivity index (χ0v) is 12.5. The molecule has 3 heteroatoms. The molecule has 0 saturated carbocycles. The highest BCUT2D eigenvalue weighted by Crippen LogP contribution is 2.34. The van der Waals surface area contributed by atoms with Crippen LogP contribution in [0, 0.1) is 11.3 Å². The van der Waals surface area contributed by atoms with Crippen LogP contribution in [0.3, 0.4) is 0 Å². The Morgan fingerprint density at radius 2 is 2.00 bits per heavy atom. The van der Waals surface area contributed by atoms with Crippen molar-refractivity contribution in [2.24, 2.45) is 11.3 Å². The Balaban J connectivity index is 2.71. The van der Waals surface area contributed by atoms with Gasteiger partial charge in [-0.1, -0.05) is 45.7 Å². The maximum atomic E-state index is 5.12. The molecule has 0 aromatic carbocycles. The molecule has 15 heavy (non-hydrogen) atoms. The van der Waals surface area contributed by atoms with Crippen LogP contribution in [0.15, 0.2) is 23.0 Å². The Morgan fingerprint density at radius 1 is 1.33 bits per heavy atom. The molecule has 1 nitrogen and oxygen atoms in total. The molecule has 0 bridgehead atoms. The molecule has 1 aromatic heterocycles. The van der Waals surface area contributed by atoms with Gasteiger partial charge >= 0.3 is 0 Å². The van der Waals surface area contributed by atoms with Gasteiger partial charge in [0.1, 0.15) is 0 Å². The number of hydrogen-bond donors (Lipinski definition) is 0.